The van der Waals surface area contributed by atoms with Gasteiger partial charge in [0, 0.05) is 18.5 Å². The van der Waals surface area contributed by atoms with E-state index in [-0.39, 0.29) is 0 Å². The van der Waals surface area contributed by atoms with Gasteiger partial charge >= 0.3 is 0 Å². The fourth-order valence-corrected chi connectivity index (χ4v) is 3.02. The van der Waals surface area contributed by atoms with Crippen LogP contribution in [-0.2, 0) is 10.8 Å². The summed E-state index contributed by atoms with van der Waals surface area (Å²) in [4.78, 5) is 6.53. The monoisotopic (exact) mass is 238 g/mol. The van der Waals surface area contributed by atoms with Crippen LogP contribution in [0.3, 0.4) is 0 Å². The Bertz CT molecular complexity index is 336. The maximum absolute atomic E-state index is 11.9. The summed E-state index contributed by atoms with van der Waals surface area (Å²) >= 11 is 0. The fraction of sp³-hybridized carbons (Fsp3) is 0.583. The minimum Gasteiger partial charge on any atom is -0.302 e. The highest BCUT2D eigenvalue weighted by molar-refractivity contribution is 7.85. The van der Waals surface area contributed by atoms with Crippen LogP contribution in [0.2, 0.25) is 0 Å². The molecule has 1 aromatic heterocycles. The molecule has 0 spiro atoms. The van der Waals surface area contributed by atoms with E-state index in [1.165, 1.54) is 32.4 Å². The fourth-order valence-electron chi connectivity index (χ4n) is 1.98. The van der Waals surface area contributed by atoms with Crippen molar-refractivity contribution in [3.63, 3.8) is 0 Å². The Labute approximate surface area is 99.3 Å². The van der Waals surface area contributed by atoms with Gasteiger partial charge in [-0.15, -0.1) is 0 Å². The highest BCUT2D eigenvalue weighted by Crippen LogP contribution is 2.09. The Kier molecular flexibility index (Phi) is 4.48. The van der Waals surface area contributed by atoms with Crippen molar-refractivity contribution >= 4 is 10.8 Å². The molecule has 1 unspecified atom stereocenters. The molecular weight excluding hydrogens is 220 g/mol. The van der Waals surface area contributed by atoms with Crippen molar-refractivity contribution in [2.24, 2.45) is 0 Å². The van der Waals surface area contributed by atoms with E-state index >= 15 is 0 Å². The molecule has 1 fully saturated rings. The molecule has 0 N–H and O–H groups in total. The second kappa shape index (κ2) is 6.11. The number of nitrogens with zero attached hydrogens (tertiary/aromatic N) is 2. The zero-order valence-electron chi connectivity index (χ0n) is 9.47. The third kappa shape index (κ3) is 3.39. The minimum absolute atomic E-state index is 0.705. The summed E-state index contributed by atoms with van der Waals surface area (Å²) in [7, 11) is -0.938. The van der Waals surface area contributed by atoms with Gasteiger partial charge in [0.2, 0.25) is 0 Å². The molecule has 0 bridgehead atoms. The van der Waals surface area contributed by atoms with E-state index < -0.39 is 10.8 Å². The van der Waals surface area contributed by atoms with Crippen molar-refractivity contribution in [2.75, 3.05) is 25.4 Å². The lowest BCUT2D eigenvalue weighted by molar-refractivity contribution is 0.241. The molecule has 3 nitrogen and oxygen atoms in total. The van der Waals surface area contributed by atoms with Gasteiger partial charge in [0.25, 0.3) is 0 Å². The lowest BCUT2D eigenvalue weighted by Crippen LogP contribution is -2.33. The largest absolute Gasteiger partial charge is 0.302 e. The molecule has 4 heteroatoms. The van der Waals surface area contributed by atoms with Gasteiger partial charge in [0.15, 0.2) is 0 Å². The van der Waals surface area contributed by atoms with Crippen molar-refractivity contribution in [2.45, 2.75) is 24.3 Å². The average Bonchev–Trinajstić information content (AvgIpc) is 2.38. The number of hydrogen-bond donors (Lipinski definition) is 0. The molecule has 1 aliphatic rings. The van der Waals surface area contributed by atoms with Gasteiger partial charge < -0.3 is 4.90 Å². The second-order valence-electron chi connectivity index (χ2n) is 4.12. The third-order valence-corrected chi connectivity index (χ3v) is 4.17. The van der Waals surface area contributed by atoms with E-state index in [4.69, 9.17) is 0 Å². The van der Waals surface area contributed by atoms with Gasteiger partial charge in [-0.25, -0.2) is 4.98 Å². The average molecular weight is 238 g/mol. The van der Waals surface area contributed by atoms with Crippen LogP contribution in [0.15, 0.2) is 29.4 Å². The van der Waals surface area contributed by atoms with Crippen LogP contribution >= 0.6 is 0 Å². The number of aromatic nitrogens is 1. The van der Waals surface area contributed by atoms with Crippen LogP contribution in [0, 0.1) is 0 Å². The van der Waals surface area contributed by atoms with Gasteiger partial charge in [-0.1, -0.05) is 12.5 Å². The highest BCUT2D eigenvalue weighted by atomic mass is 32.2. The van der Waals surface area contributed by atoms with E-state index in [2.05, 4.69) is 9.88 Å². The molecule has 88 valence electrons. The molecule has 1 atom stereocenters. The lowest BCUT2D eigenvalue weighted by atomic mass is 10.1. The number of likely N-dealkylation sites (tertiary alicyclic amines) is 1. The van der Waals surface area contributed by atoms with Gasteiger partial charge in [0.1, 0.15) is 5.03 Å². The standard InChI is InChI=1S/C12H18N2OS/c15-16(12-6-2-3-7-13-12)11-10-14-8-4-1-5-9-14/h2-3,6-7H,1,4-5,8-11H2. The molecule has 16 heavy (non-hydrogen) atoms. The Morgan fingerprint density at radius 2 is 2.06 bits per heavy atom. The van der Waals surface area contributed by atoms with Gasteiger partial charge in [-0.3, -0.25) is 4.21 Å². The highest BCUT2D eigenvalue weighted by Gasteiger charge is 2.12. The van der Waals surface area contributed by atoms with Crippen molar-refractivity contribution in [1.29, 1.82) is 0 Å². The lowest BCUT2D eigenvalue weighted by Gasteiger charge is -2.25. The number of hydrogen-bond acceptors (Lipinski definition) is 3. The summed E-state index contributed by atoms with van der Waals surface area (Å²) in [6, 6.07) is 5.58. The summed E-state index contributed by atoms with van der Waals surface area (Å²) in [5.41, 5.74) is 0. The van der Waals surface area contributed by atoms with Crippen molar-refractivity contribution in [3.8, 4) is 0 Å². The van der Waals surface area contributed by atoms with E-state index in [9.17, 15) is 4.21 Å². The molecule has 0 saturated carbocycles. The molecule has 2 heterocycles. The zero-order chi connectivity index (χ0) is 11.2. The normalized spacial score (nSPS) is 19.5. The Morgan fingerprint density at radius 3 is 2.75 bits per heavy atom. The molecule has 0 radical (unpaired) electrons. The second-order valence-corrected chi connectivity index (χ2v) is 5.64. The van der Waals surface area contributed by atoms with Crippen LogP contribution in [0.5, 0.6) is 0 Å². The van der Waals surface area contributed by atoms with Gasteiger partial charge in [-0.2, -0.15) is 0 Å². The van der Waals surface area contributed by atoms with Crippen LogP contribution in [0.25, 0.3) is 0 Å². The summed E-state index contributed by atoms with van der Waals surface area (Å²) < 4.78 is 11.9. The van der Waals surface area contributed by atoms with Crippen molar-refractivity contribution in [1.82, 2.24) is 9.88 Å². The van der Waals surface area contributed by atoms with E-state index in [0.29, 0.717) is 10.8 Å². The third-order valence-electron chi connectivity index (χ3n) is 2.91. The van der Waals surface area contributed by atoms with Gasteiger partial charge in [0.05, 0.1) is 10.8 Å². The van der Waals surface area contributed by atoms with E-state index in [1.54, 1.807) is 6.20 Å². The van der Waals surface area contributed by atoms with Crippen LogP contribution in [0.1, 0.15) is 19.3 Å². The Morgan fingerprint density at radius 1 is 1.25 bits per heavy atom. The van der Waals surface area contributed by atoms with Crippen LogP contribution < -0.4 is 0 Å². The first kappa shape index (κ1) is 11.7. The smallest absolute Gasteiger partial charge is 0.127 e. The maximum atomic E-state index is 11.9. The summed E-state index contributed by atoms with van der Waals surface area (Å²) in [6.07, 6.45) is 5.63. The van der Waals surface area contributed by atoms with Crippen LogP contribution in [0.4, 0.5) is 0 Å². The van der Waals surface area contributed by atoms with Crippen LogP contribution in [-0.4, -0.2) is 39.5 Å². The summed E-state index contributed by atoms with van der Waals surface area (Å²) in [6.45, 7) is 3.27. The van der Waals surface area contributed by atoms with E-state index in [1.807, 2.05) is 18.2 Å². The van der Waals surface area contributed by atoms with Crippen molar-refractivity contribution < 1.29 is 4.21 Å². The summed E-state index contributed by atoms with van der Waals surface area (Å²) in [5.74, 6) is 0.705. The quantitative estimate of drug-likeness (QED) is 0.800. The first-order chi connectivity index (χ1) is 7.86. The number of rotatable bonds is 4. The molecular formula is C12H18N2OS. The van der Waals surface area contributed by atoms with Crippen molar-refractivity contribution in [3.05, 3.63) is 24.4 Å². The zero-order valence-corrected chi connectivity index (χ0v) is 10.3. The predicted molar refractivity (Wildman–Crippen MR) is 65.8 cm³/mol. The van der Waals surface area contributed by atoms with Gasteiger partial charge in [-0.05, 0) is 38.1 Å². The molecule has 2 rings (SSSR count). The number of pyridine rings is 1. The molecule has 0 aromatic carbocycles. The summed E-state index contributed by atoms with van der Waals surface area (Å²) in [5, 5.41) is 0.708. The maximum Gasteiger partial charge on any atom is 0.127 e. The minimum atomic E-state index is -0.938. The first-order valence-corrected chi connectivity index (χ1v) is 7.20. The Balaban J connectivity index is 1.79. The molecule has 0 amide bonds. The number of piperidine rings is 1. The predicted octanol–water partition coefficient (Wildman–Crippen LogP) is 1.68. The molecule has 1 aromatic rings. The first-order valence-electron chi connectivity index (χ1n) is 5.88. The topological polar surface area (TPSA) is 33.2 Å². The SMILES string of the molecule is O=S(CCN1CCCCC1)c1ccccn1. The molecule has 1 saturated heterocycles. The molecule has 0 aliphatic carbocycles. The van der Waals surface area contributed by atoms with E-state index in [0.717, 1.165) is 6.54 Å². The Hall–Kier alpha value is -0.740. The molecule has 1 aliphatic heterocycles.